The average Bonchev–Trinajstić information content (AvgIpc) is 2.65. The van der Waals surface area contributed by atoms with Crippen LogP contribution >= 0.6 is 0 Å². The number of hydrogen-bond acceptors (Lipinski definition) is 5. The maximum atomic E-state index is 13.1. The van der Waals surface area contributed by atoms with E-state index in [2.05, 4.69) is 4.98 Å². The zero-order valence-electron chi connectivity index (χ0n) is 16.7. The molecular formula is C18H25N5O4S. The third kappa shape index (κ3) is 3.31. The summed E-state index contributed by atoms with van der Waals surface area (Å²) in [5.74, 6) is -0.203. The van der Waals surface area contributed by atoms with E-state index < -0.39 is 10.2 Å². The molecule has 1 saturated heterocycles. The number of fused-ring (bicyclic) bond motifs is 1. The van der Waals surface area contributed by atoms with Gasteiger partial charge in [0.2, 0.25) is 0 Å². The molecular weight excluding hydrogens is 382 g/mol. The molecule has 0 saturated carbocycles. The standard InChI is InChI=1S/C18H25N5O4S/c1-12-13(2)23(28(26,27)20(3)4)9-8-22(12)17(24)14-6-7-15-16(10-14)19-11-21(5)18(15)25/h6-7,10-13H,8-9H2,1-5H3/t12-,13-/m1/s1. The normalized spacial score (nSPS) is 21.4. The molecule has 2 atom stereocenters. The lowest BCUT2D eigenvalue weighted by molar-refractivity contribution is 0.0474. The fourth-order valence-corrected chi connectivity index (χ4v) is 4.77. The zero-order chi connectivity index (χ0) is 20.8. The molecule has 1 aromatic heterocycles. The van der Waals surface area contributed by atoms with E-state index in [1.807, 2.05) is 6.92 Å². The van der Waals surface area contributed by atoms with Crippen molar-refractivity contribution < 1.29 is 13.2 Å². The van der Waals surface area contributed by atoms with E-state index in [4.69, 9.17) is 0 Å². The number of aromatic nitrogens is 2. The van der Waals surface area contributed by atoms with Gasteiger partial charge < -0.3 is 9.47 Å². The average molecular weight is 407 g/mol. The molecule has 1 aromatic carbocycles. The number of carbonyl (C=O) groups excluding carboxylic acids is 1. The highest BCUT2D eigenvalue weighted by Crippen LogP contribution is 2.23. The molecule has 0 bridgehead atoms. The predicted octanol–water partition coefficient (Wildman–Crippen LogP) is 0.275. The van der Waals surface area contributed by atoms with E-state index >= 15 is 0 Å². The molecule has 0 N–H and O–H groups in total. The Labute approximate surface area is 164 Å². The molecule has 1 aliphatic rings. The molecule has 1 fully saturated rings. The van der Waals surface area contributed by atoms with Crippen molar-refractivity contribution in [3.63, 3.8) is 0 Å². The Morgan fingerprint density at radius 1 is 1.18 bits per heavy atom. The van der Waals surface area contributed by atoms with Crippen molar-refractivity contribution in [2.24, 2.45) is 7.05 Å². The van der Waals surface area contributed by atoms with Crippen LogP contribution in [0.1, 0.15) is 24.2 Å². The van der Waals surface area contributed by atoms with Crippen LogP contribution in [0, 0.1) is 0 Å². The number of piperazine rings is 1. The Balaban J connectivity index is 1.89. The monoisotopic (exact) mass is 407 g/mol. The van der Waals surface area contributed by atoms with Crippen molar-refractivity contribution >= 4 is 27.0 Å². The van der Waals surface area contributed by atoms with Gasteiger partial charge in [-0.05, 0) is 32.0 Å². The second-order valence-corrected chi connectivity index (χ2v) is 9.37. The van der Waals surface area contributed by atoms with Crippen LogP contribution < -0.4 is 5.56 Å². The Morgan fingerprint density at radius 2 is 1.86 bits per heavy atom. The lowest BCUT2D eigenvalue weighted by atomic mass is 10.0. The zero-order valence-corrected chi connectivity index (χ0v) is 17.5. The van der Waals surface area contributed by atoms with Crippen LogP contribution in [-0.2, 0) is 17.3 Å². The molecule has 9 nitrogen and oxygen atoms in total. The molecule has 2 heterocycles. The Hall–Kier alpha value is -2.30. The van der Waals surface area contributed by atoms with Gasteiger partial charge in [0, 0.05) is 51.9 Å². The third-order valence-electron chi connectivity index (χ3n) is 5.39. The van der Waals surface area contributed by atoms with Crippen LogP contribution in [-0.4, -0.2) is 76.7 Å². The lowest BCUT2D eigenvalue weighted by Crippen LogP contribution is -2.61. The summed E-state index contributed by atoms with van der Waals surface area (Å²) < 4.78 is 29.0. The van der Waals surface area contributed by atoms with Crippen molar-refractivity contribution in [1.29, 1.82) is 0 Å². The number of hydrogen-bond donors (Lipinski definition) is 0. The molecule has 0 spiro atoms. The van der Waals surface area contributed by atoms with Crippen molar-refractivity contribution in [3.8, 4) is 0 Å². The first-order chi connectivity index (χ1) is 13.1. The van der Waals surface area contributed by atoms with Gasteiger partial charge in [-0.2, -0.15) is 17.0 Å². The molecule has 28 heavy (non-hydrogen) atoms. The maximum Gasteiger partial charge on any atom is 0.281 e. The number of carbonyl (C=O) groups is 1. The summed E-state index contributed by atoms with van der Waals surface area (Å²) in [6.45, 7) is 4.16. The largest absolute Gasteiger partial charge is 0.333 e. The van der Waals surface area contributed by atoms with E-state index in [9.17, 15) is 18.0 Å². The summed E-state index contributed by atoms with van der Waals surface area (Å²) in [4.78, 5) is 31.1. The Bertz CT molecular complexity index is 1080. The maximum absolute atomic E-state index is 13.1. The first kappa shape index (κ1) is 20.4. The second kappa shape index (κ2) is 7.26. The van der Waals surface area contributed by atoms with Gasteiger partial charge in [0.05, 0.1) is 17.2 Å². The van der Waals surface area contributed by atoms with Gasteiger partial charge >= 0.3 is 0 Å². The van der Waals surface area contributed by atoms with E-state index in [1.165, 1.54) is 33.6 Å². The fourth-order valence-electron chi connectivity index (χ4n) is 3.45. The minimum Gasteiger partial charge on any atom is -0.333 e. The topological polar surface area (TPSA) is 95.8 Å². The SMILES string of the molecule is C[C@@H]1[C@@H](C)N(S(=O)(=O)N(C)C)CCN1C(=O)c1ccc2c(=O)n(C)cnc2c1. The smallest absolute Gasteiger partial charge is 0.281 e. The minimum atomic E-state index is -3.55. The fraction of sp³-hybridized carbons (Fsp3) is 0.500. The van der Waals surface area contributed by atoms with Crippen molar-refractivity contribution in [2.75, 3.05) is 27.2 Å². The molecule has 1 aliphatic heterocycles. The van der Waals surface area contributed by atoms with Crippen LogP contribution in [0.15, 0.2) is 29.3 Å². The van der Waals surface area contributed by atoms with Gasteiger partial charge in [-0.1, -0.05) is 0 Å². The molecule has 0 aliphatic carbocycles. The summed E-state index contributed by atoms with van der Waals surface area (Å²) in [6, 6.07) is 4.17. The van der Waals surface area contributed by atoms with Gasteiger partial charge in [0.15, 0.2) is 0 Å². The summed E-state index contributed by atoms with van der Waals surface area (Å²) in [6.07, 6.45) is 1.43. The summed E-state index contributed by atoms with van der Waals surface area (Å²) in [5, 5.41) is 0.449. The summed E-state index contributed by atoms with van der Waals surface area (Å²) in [5.41, 5.74) is 0.716. The van der Waals surface area contributed by atoms with Gasteiger partial charge in [0.1, 0.15) is 0 Å². The lowest BCUT2D eigenvalue weighted by Gasteiger charge is -2.44. The number of nitrogens with zero attached hydrogens (tertiary/aromatic N) is 5. The van der Waals surface area contributed by atoms with Gasteiger partial charge in [-0.25, -0.2) is 4.98 Å². The van der Waals surface area contributed by atoms with Crippen LogP contribution in [0.5, 0.6) is 0 Å². The van der Waals surface area contributed by atoms with Crippen molar-refractivity contribution in [3.05, 3.63) is 40.4 Å². The Morgan fingerprint density at radius 3 is 2.50 bits per heavy atom. The van der Waals surface area contributed by atoms with Gasteiger partial charge in [-0.3, -0.25) is 9.59 Å². The van der Waals surface area contributed by atoms with Crippen LogP contribution in [0.3, 0.4) is 0 Å². The molecule has 3 rings (SSSR count). The van der Waals surface area contributed by atoms with Crippen LogP contribution in [0.4, 0.5) is 0 Å². The first-order valence-corrected chi connectivity index (χ1v) is 10.4. The minimum absolute atomic E-state index is 0.173. The molecule has 0 unspecified atom stereocenters. The van der Waals surface area contributed by atoms with Crippen molar-refractivity contribution in [2.45, 2.75) is 25.9 Å². The van der Waals surface area contributed by atoms with E-state index in [0.29, 0.717) is 23.0 Å². The third-order valence-corrected chi connectivity index (χ3v) is 7.42. The predicted molar refractivity (Wildman–Crippen MR) is 106 cm³/mol. The highest BCUT2D eigenvalue weighted by atomic mass is 32.2. The number of amides is 1. The quantitative estimate of drug-likeness (QED) is 0.728. The van der Waals surface area contributed by atoms with E-state index in [1.54, 1.807) is 37.1 Å². The highest BCUT2D eigenvalue weighted by Gasteiger charge is 2.40. The van der Waals surface area contributed by atoms with Crippen LogP contribution in [0.2, 0.25) is 0 Å². The molecule has 152 valence electrons. The molecule has 2 aromatic rings. The molecule has 10 heteroatoms. The summed E-state index contributed by atoms with van der Waals surface area (Å²) >= 11 is 0. The number of rotatable bonds is 3. The Kier molecular flexibility index (Phi) is 5.30. The van der Waals surface area contributed by atoms with E-state index in [-0.39, 0.29) is 30.1 Å². The molecule has 1 amide bonds. The van der Waals surface area contributed by atoms with Gasteiger partial charge in [0.25, 0.3) is 21.7 Å². The van der Waals surface area contributed by atoms with E-state index in [0.717, 1.165) is 0 Å². The van der Waals surface area contributed by atoms with Gasteiger partial charge in [-0.15, -0.1) is 0 Å². The highest BCUT2D eigenvalue weighted by molar-refractivity contribution is 7.86. The number of benzene rings is 1. The second-order valence-electron chi connectivity index (χ2n) is 7.27. The first-order valence-electron chi connectivity index (χ1n) is 9.01. The van der Waals surface area contributed by atoms with Crippen molar-refractivity contribution in [1.82, 2.24) is 23.1 Å². The molecule has 0 radical (unpaired) electrons. The summed E-state index contributed by atoms with van der Waals surface area (Å²) in [7, 11) is 1.06. The van der Waals surface area contributed by atoms with Crippen LogP contribution in [0.25, 0.3) is 10.9 Å². The number of aryl methyl sites for hydroxylation is 1.